The molecule has 0 saturated heterocycles. The highest BCUT2D eigenvalue weighted by molar-refractivity contribution is 5.82. The number of nitro benzene ring substituents is 1. The fourth-order valence-corrected chi connectivity index (χ4v) is 5.30. The van der Waals surface area contributed by atoms with Crippen LogP contribution in [0.2, 0.25) is 0 Å². The van der Waals surface area contributed by atoms with Crippen LogP contribution in [0.25, 0.3) is 33.5 Å². The van der Waals surface area contributed by atoms with Gasteiger partial charge < -0.3 is 9.72 Å². The van der Waals surface area contributed by atoms with Crippen molar-refractivity contribution in [2.45, 2.75) is 96.8 Å². The van der Waals surface area contributed by atoms with Crippen LogP contribution < -0.4 is 4.74 Å². The van der Waals surface area contributed by atoms with Gasteiger partial charge in [-0.3, -0.25) is 10.1 Å². The van der Waals surface area contributed by atoms with Gasteiger partial charge in [0.05, 0.1) is 22.6 Å². The van der Waals surface area contributed by atoms with E-state index in [-0.39, 0.29) is 5.69 Å². The first-order chi connectivity index (χ1) is 20.1. The van der Waals surface area contributed by atoms with Crippen molar-refractivity contribution in [3.05, 3.63) is 76.8 Å². The minimum absolute atomic E-state index is 0.0510. The summed E-state index contributed by atoms with van der Waals surface area (Å²) in [7, 11) is 0. The number of non-ortho nitro benzene ring substituents is 1. The molecule has 0 fully saturated rings. The molecule has 218 valence electrons. The summed E-state index contributed by atoms with van der Waals surface area (Å²) in [6.45, 7) is 3.05. The highest BCUT2D eigenvalue weighted by atomic mass is 16.6. The molecule has 1 heterocycles. The summed E-state index contributed by atoms with van der Waals surface area (Å²) >= 11 is 0. The maximum Gasteiger partial charge on any atom is 0.271 e. The number of ether oxygens (including phenoxy) is 1. The van der Waals surface area contributed by atoms with E-state index in [1.54, 1.807) is 6.07 Å². The Balaban J connectivity index is 1.11. The largest absolute Gasteiger partial charge is 0.494 e. The monoisotopic (exact) mass is 555 g/mol. The Morgan fingerprint density at radius 2 is 1.20 bits per heavy atom. The van der Waals surface area contributed by atoms with E-state index in [0.29, 0.717) is 16.9 Å². The Hall–Kier alpha value is -3.67. The molecule has 0 aliphatic carbocycles. The molecule has 0 amide bonds. The predicted molar refractivity (Wildman–Crippen MR) is 169 cm³/mol. The van der Waals surface area contributed by atoms with Crippen molar-refractivity contribution < 1.29 is 9.66 Å². The lowest BCUT2D eigenvalue weighted by molar-refractivity contribution is -0.384. The van der Waals surface area contributed by atoms with E-state index in [9.17, 15) is 10.1 Å². The van der Waals surface area contributed by atoms with Gasteiger partial charge in [-0.05, 0) is 35.7 Å². The highest BCUT2D eigenvalue weighted by Gasteiger charge is 2.11. The van der Waals surface area contributed by atoms with Crippen molar-refractivity contribution in [2.75, 3.05) is 6.61 Å². The third-order valence-electron chi connectivity index (χ3n) is 7.79. The summed E-state index contributed by atoms with van der Waals surface area (Å²) in [4.78, 5) is 18.4. The van der Waals surface area contributed by atoms with Crippen LogP contribution in [-0.4, -0.2) is 21.5 Å². The number of nitrogens with one attached hydrogen (secondary N) is 1. The number of rotatable bonds is 19. The average Bonchev–Trinajstić information content (AvgIpc) is 3.43. The number of hydrogen-bond acceptors (Lipinski definition) is 4. The van der Waals surface area contributed by atoms with Gasteiger partial charge >= 0.3 is 0 Å². The van der Waals surface area contributed by atoms with E-state index in [1.807, 2.05) is 24.3 Å². The van der Waals surface area contributed by atoms with Gasteiger partial charge in [0.1, 0.15) is 11.6 Å². The first-order valence-electron chi connectivity index (χ1n) is 15.6. The maximum atomic E-state index is 11.0. The Kier molecular flexibility index (Phi) is 12.2. The zero-order valence-electron chi connectivity index (χ0n) is 24.6. The number of hydrogen-bond donors (Lipinski definition) is 1. The summed E-state index contributed by atoms with van der Waals surface area (Å²) < 4.78 is 5.98. The molecular weight excluding hydrogens is 510 g/mol. The normalized spacial score (nSPS) is 11.2. The van der Waals surface area contributed by atoms with Gasteiger partial charge in [-0.2, -0.15) is 0 Å². The number of nitrogens with zero attached hydrogens (tertiary/aromatic N) is 2. The smallest absolute Gasteiger partial charge is 0.271 e. The lowest BCUT2D eigenvalue weighted by Gasteiger charge is -2.08. The lowest BCUT2D eigenvalue weighted by atomic mass is 10.0. The van der Waals surface area contributed by atoms with Crippen LogP contribution >= 0.6 is 0 Å². The third-order valence-corrected chi connectivity index (χ3v) is 7.79. The van der Waals surface area contributed by atoms with E-state index in [1.165, 1.54) is 95.6 Å². The van der Waals surface area contributed by atoms with Crippen LogP contribution in [0, 0.1) is 10.1 Å². The zero-order chi connectivity index (χ0) is 28.7. The number of fused-ring (bicyclic) bond motifs is 1. The second-order valence-electron chi connectivity index (χ2n) is 11.1. The summed E-state index contributed by atoms with van der Waals surface area (Å²) in [6, 6.07) is 21.1. The van der Waals surface area contributed by atoms with Crippen molar-refractivity contribution in [1.29, 1.82) is 0 Å². The molecule has 4 aromatic rings. The number of benzene rings is 3. The van der Waals surface area contributed by atoms with Crippen LogP contribution in [-0.2, 0) is 0 Å². The summed E-state index contributed by atoms with van der Waals surface area (Å²) in [5.74, 6) is 1.61. The van der Waals surface area contributed by atoms with Gasteiger partial charge in [0, 0.05) is 17.7 Å². The molecule has 0 atom stereocenters. The van der Waals surface area contributed by atoms with Gasteiger partial charge in [-0.25, -0.2) is 4.98 Å². The van der Waals surface area contributed by atoms with Gasteiger partial charge in [-0.15, -0.1) is 0 Å². The topological polar surface area (TPSA) is 81.1 Å². The van der Waals surface area contributed by atoms with Crippen molar-refractivity contribution in [3.63, 3.8) is 0 Å². The Bertz CT molecular complexity index is 1330. The first kappa shape index (κ1) is 30.3. The van der Waals surface area contributed by atoms with E-state index < -0.39 is 4.92 Å². The van der Waals surface area contributed by atoms with Gasteiger partial charge in [0.2, 0.25) is 0 Å². The summed E-state index contributed by atoms with van der Waals surface area (Å²) in [6.07, 6.45) is 19.1. The SMILES string of the molecule is CCCCCCCCCCCCCCCCOc1ccc(-c2ccc(-c3nc4ccc([N+](=O)[O-])cc4[nH]3)cc2)cc1. The van der Waals surface area contributed by atoms with E-state index in [2.05, 4.69) is 41.2 Å². The predicted octanol–water partition coefficient (Wildman–Crippen LogP) is 10.7. The molecule has 41 heavy (non-hydrogen) atoms. The minimum Gasteiger partial charge on any atom is -0.494 e. The Labute approximate surface area is 244 Å². The second-order valence-corrected chi connectivity index (χ2v) is 11.1. The number of imidazole rings is 1. The van der Waals surface area contributed by atoms with Gasteiger partial charge in [0.25, 0.3) is 5.69 Å². The molecule has 0 aliphatic heterocycles. The average molecular weight is 556 g/mol. The molecule has 0 radical (unpaired) electrons. The van der Waals surface area contributed by atoms with Crippen molar-refractivity contribution >= 4 is 16.7 Å². The van der Waals surface area contributed by atoms with Crippen LogP contribution in [0.3, 0.4) is 0 Å². The lowest BCUT2D eigenvalue weighted by Crippen LogP contribution is -1.97. The van der Waals surface area contributed by atoms with Crippen LogP contribution in [0.15, 0.2) is 66.7 Å². The Morgan fingerprint density at radius 3 is 1.76 bits per heavy atom. The van der Waals surface area contributed by atoms with Gasteiger partial charge in [0.15, 0.2) is 0 Å². The van der Waals surface area contributed by atoms with E-state index in [0.717, 1.165) is 35.5 Å². The van der Waals surface area contributed by atoms with Crippen LogP contribution in [0.4, 0.5) is 5.69 Å². The molecule has 3 aromatic carbocycles. The zero-order valence-corrected chi connectivity index (χ0v) is 24.6. The van der Waals surface area contributed by atoms with E-state index in [4.69, 9.17) is 4.74 Å². The first-order valence-corrected chi connectivity index (χ1v) is 15.6. The second kappa shape index (κ2) is 16.6. The molecule has 4 rings (SSSR count). The number of aromatic amines is 1. The summed E-state index contributed by atoms with van der Waals surface area (Å²) in [5, 5.41) is 11.0. The molecular formula is C35H45N3O3. The molecule has 0 bridgehead atoms. The molecule has 1 N–H and O–H groups in total. The number of aromatic nitrogens is 2. The van der Waals surface area contributed by atoms with Crippen molar-refractivity contribution in [2.24, 2.45) is 0 Å². The van der Waals surface area contributed by atoms with Gasteiger partial charge in [-0.1, -0.05) is 127 Å². The fourth-order valence-electron chi connectivity index (χ4n) is 5.30. The Morgan fingerprint density at radius 1 is 0.683 bits per heavy atom. The maximum absolute atomic E-state index is 11.0. The quantitative estimate of drug-likeness (QED) is 0.0709. The molecule has 0 aliphatic rings. The van der Waals surface area contributed by atoms with Crippen LogP contribution in [0.5, 0.6) is 5.75 Å². The summed E-state index contributed by atoms with van der Waals surface area (Å²) in [5.41, 5.74) is 4.58. The van der Waals surface area contributed by atoms with Crippen LogP contribution in [0.1, 0.15) is 96.8 Å². The number of nitro groups is 1. The molecule has 1 aromatic heterocycles. The molecule has 0 unspecified atom stereocenters. The third kappa shape index (κ3) is 9.73. The van der Waals surface area contributed by atoms with Crippen molar-refractivity contribution in [1.82, 2.24) is 9.97 Å². The highest BCUT2D eigenvalue weighted by Crippen LogP contribution is 2.27. The van der Waals surface area contributed by atoms with Crippen molar-refractivity contribution in [3.8, 4) is 28.3 Å². The standard InChI is InChI=1S/C35H45N3O3/c1-2-3-4-5-6-7-8-9-10-11-12-13-14-15-26-41-32-23-20-29(21-24-32)28-16-18-30(19-17-28)35-36-33-25-22-31(38(39)40)27-34(33)37-35/h16-25,27H,2-15,26H2,1H3,(H,36,37). The molecule has 0 saturated carbocycles. The number of unbranched alkanes of at least 4 members (excludes halogenated alkanes) is 13. The number of H-pyrrole nitrogens is 1. The molecule has 0 spiro atoms. The van der Waals surface area contributed by atoms with E-state index >= 15 is 0 Å². The molecule has 6 nitrogen and oxygen atoms in total. The fraction of sp³-hybridized carbons (Fsp3) is 0.457. The minimum atomic E-state index is -0.397. The molecule has 6 heteroatoms.